The van der Waals surface area contributed by atoms with Crippen LogP contribution >= 0.6 is 23.2 Å². The van der Waals surface area contributed by atoms with Crippen LogP contribution in [0.4, 0.5) is 0 Å². The SMILES string of the molecule is CCC1CCCC(C(NC)c2c(Cl)cccc2Cl)C1. The molecule has 3 unspecified atom stereocenters. The highest BCUT2D eigenvalue weighted by Crippen LogP contribution is 2.42. The van der Waals surface area contributed by atoms with Crippen molar-refractivity contribution in [2.75, 3.05) is 7.05 Å². The van der Waals surface area contributed by atoms with Gasteiger partial charge in [0.05, 0.1) is 0 Å². The Hall–Kier alpha value is -0.240. The summed E-state index contributed by atoms with van der Waals surface area (Å²) in [7, 11) is 2.01. The van der Waals surface area contributed by atoms with Crippen LogP contribution in [0.5, 0.6) is 0 Å². The number of rotatable bonds is 4. The average Bonchev–Trinajstić information content (AvgIpc) is 2.43. The van der Waals surface area contributed by atoms with Crippen LogP contribution in [0.25, 0.3) is 0 Å². The summed E-state index contributed by atoms with van der Waals surface area (Å²) in [5.74, 6) is 1.50. The van der Waals surface area contributed by atoms with Gasteiger partial charge in [0.15, 0.2) is 0 Å². The fourth-order valence-electron chi connectivity index (χ4n) is 3.43. The third-order valence-corrected chi connectivity index (χ3v) is 5.15. The van der Waals surface area contributed by atoms with Crippen LogP contribution in [0.2, 0.25) is 10.0 Å². The van der Waals surface area contributed by atoms with Crippen LogP contribution in [0.1, 0.15) is 50.6 Å². The van der Waals surface area contributed by atoms with Crippen LogP contribution in [-0.4, -0.2) is 7.05 Å². The lowest BCUT2D eigenvalue weighted by Crippen LogP contribution is -2.30. The summed E-state index contributed by atoms with van der Waals surface area (Å²) in [4.78, 5) is 0. The molecule has 1 saturated carbocycles. The molecule has 0 radical (unpaired) electrons. The monoisotopic (exact) mass is 299 g/mol. The smallest absolute Gasteiger partial charge is 0.0468 e. The van der Waals surface area contributed by atoms with Crippen LogP contribution in [0, 0.1) is 11.8 Å². The van der Waals surface area contributed by atoms with Gasteiger partial charge in [-0.15, -0.1) is 0 Å². The van der Waals surface area contributed by atoms with E-state index < -0.39 is 0 Å². The third-order valence-electron chi connectivity index (χ3n) is 4.49. The first-order valence-electron chi connectivity index (χ1n) is 7.28. The molecule has 1 aromatic rings. The zero-order valence-electron chi connectivity index (χ0n) is 11.8. The molecule has 106 valence electrons. The first-order valence-corrected chi connectivity index (χ1v) is 8.04. The summed E-state index contributed by atoms with van der Waals surface area (Å²) in [5.41, 5.74) is 1.08. The minimum Gasteiger partial charge on any atom is -0.313 e. The predicted octanol–water partition coefficient (Wildman–Crippen LogP) is 5.47. The van der Waals surface area contributed by atoms with Crippen molar-refractivity contribution in [2.24, 2.45) is 11.8 Å². The van der Waals surface area contributed by atoms with E-state index in [9.17, 15) is 0 Å². The molecule has 1 N–H and O–H groups in total. The Morgan fingerprint density at radius 1 is 1.26 bits per heavy atom. The average molecular weight is 300 g/mol. The molecule has 3 atom stereocenters. The van der Waals surface area contributed by atoms with E-state index in [1.54, 1.807) is 0 Å². The molecule has 0 amide bonds. The fourth-order valence-corrected chi connectivity index (χ4v) is 4.06. The Labute approximate surface area is 126 Å². The number of nitrogens with one attached hydrogen (secondary N) is 1. The summed E-state index contributed by atoms with van der Waals surface area (Å²) in [5, 5.41) is 5.01. The van der Waals surface area contributed by atoms with Crippen molar-refractivity contribution < 1.29 is 0 Å². The van der Waals surface area contributed by atoms with Gasteiger partial charge in [0.2, 0.25) is 0 Å². The van der Waals surface area contributed by atoms with Crippen LogP contribution in [0.15, 0.2) is 18.2 Å². The Kier molecular flexibility index (Phi) is 5.56. The summed E-state index contributed by atoms with van der Waals surface area (Å²) in [6.07, 6.45) is 6.53. The molecule has 1 aromatic carbocycles. The summed E-state index contributed by atoms with van der Waals surface area (Å²) < 4.78 is 0. The second-order valence-electron chi connectivity index (χ2n) is 5.60. The third kappa shape index (κ3) is 3.45. The largest absolute Gasteiger partial charge is 0.313 e. The zero-order chi connectivity index (χ0) is 13.8. The van der Waals surface area contributed by atoms with E-state index >= 15 is 0 Å². The highest BCUT2D eigenvalue weighted by Gasteiger charge is 2.30. The van der Waals surface area contributed by atoms with Gasteiger partial charge in [-0.05, 0) is 43.9 Å². The molecule has 1 aliphatic carbocycles. The summed E-state index contributed by atoms with van der Waals surface area (Å²) in [6.45, 7) is 2.30. The van der Waals surface area contributed by atoms with Gasteiger partial charge in [0.1, 0.15) is 0 Å². The van der Waals surface area contributed by atoms with Crippen LogP contribution < -0.4 is 5.32 Å². The maximum absolute atomic E-state index is 6.37. The van der Waals surface area contributed by atoms with Gasteiger partial charge < -0.3 is 5.32 Å². The van der Waals surface area contributed by atoms with Crippen molar-refractivity contribution in [3.05, 3.63) is 33.8 Å². The van der Waals surface area contributed by atoms with Gasteiger partial charge in [-0.25, -0.2) is 0 Å². The highest BCUT2D eigenvalue weighted by molar-refractivity contribution is 6.36. The first kappa shape index (κ1) is 15.2. The molecule has 1 nitrogen and oxygen atoms in total. The van der Waals surface area contributed by atoms with Crippen molar-refractivity contribution in [1.82, 2.24) is 5.32 Å². The summed E-state index contributed by atoms with van der Waals surface area (Å²) >= 11 is 12.7. The van der Waals surface area contributed by atoms with Gasteiger partial charge in [-0.1, -0.05) is 55.5 Å². The van der Waals surface area contributed by atoms with E-state index in [1.165, 1.54) is 32.1 Å². The van der Waals surface area contributed by atoms with Crippen LogP contribution in [0.3, 0.4) is 0 Å². The second kappa shape index (κ2) is 6.97. The van der Waals surface area contributed by atoms with Crippen molar-refractivity contribution in [1.29, 1.82) is 0 Å². The molecule has 3 heteroatoms. The molecule has 19 heavy (non-hydrogen) atoms. The Morgan fingerprint density at radius 2 is 1.95 bits per heavy atom. The highest BCUT2D eigenvalue weighted by atomic mass is 35.5. The summed E-state index contributed by atoms with van der Waals surface area (Å²) in [6, 6.07) is 6.06. The number of halogens is 2. The Bertz CT molecular complexity index is 399. The van der Waals surface area contributed by atoms with Gasteiger partial charge in [-0.3, -0.25) is 0 Å². The fraction of sp³-hybridized carbons (Fsp3) is 0.625. The van der Waals surface area contributed by atoms with Crippen molar-refractivity contribution >= 4 is 23.2 Å². The van der Waals surface area contributed by atoms with Crippen molar-refractivity contribution in [2.45, 2.75) is 45.1 Å². The lowest BCUT2D eigenvalue weighted by molar-refractivity contribution is 0.215. The molecule has 1 fully saturated rings. The molecule has 1 aliphatic rings. The van der Waals surface area contributed by atoms with E-state index in [0.29, 0.717) is 5.92 Å². The molecular formula is C16H23Cl2N. The normalized spacial score (nSPS) is 25.3. The first-order chi connectivity index (χ1) is 9.17. The zero-order valence-corrected chi connectivity index (χ0v) is 13.3. The molecule has 0 bridgehead atoms. The minimum absolute atomic E-state index is 0.274. The topological polar surface area (TPSA) is 12.0 Å². The van der Waals surface area contributed by atoms with E-state index in [4.69, 9.17) is 23.2 Å². The van der Waals surface area contributed by atoms with Crippen molar-refractivity contribution in [3.8, 4) is 0 Å². The molecular weight excluding hydrogens is 277 g/mol. The lowest BCUT2D eigenvalue weighted by Gasteiger charge is -2.35. The number of hydrogen-bond donors (Lipinski definition) is 1. The lowest BCUT2D eigenvalue weighted by atomic mass is 9.75. The Morgan fingerprint density at radius 3 is 2.53 bits per heavy atom. The molecule has 0 spiro atoms. The van der Waals surface area contributed by atoms with Crippen LogP contribution in [-0.2, 0) is 0 Å². The molecule has 0 heterocycles. The molecule has 2 rings (SSSR count). The minimum atomic E-state index is 0.274. The second-order valence-corrected chi connectivity index (χ2v) is 6.42. The van der Waals surface area contributed by atoms with Gasteiger partial charge >= 0.3 is 0 Å². The number of benzene rings is 1. The van der Waals surface area contributed by atoms with Gasteiger partial charge in [0.25, 0.3) is 0 Å². The standard InChI is InChI=1S/C16H23Cl2N/c1-3-11-6-4-7-12(10-11)16(19-2)15-13(17)8-5-9-14(15)18/h5,8-9,11-12,16,19H,3-4,6-7,10H2,1-2H3. The quantitative estimate of drug-likeness (QED) is 0.777. The maximum atomic E-state index is 6.37. The van der Waals surface area contributed by atoms with E-state index in [2.05, 4.69) is 12.2 Å². The van der Waals surface area contributed by atoms with E-state index in [1.807, 2.05) is 25.2 Å². The van der Waals surface area contributed by atoms with E-state index in [-0.39, 0.29) is 6.04 Å². The maximum Gasteiger partial charge on any atom is 0.0468 e. The molecule has 0 aromatic heterocycles. The Balaban J connectivity index is 2.24. The van der Waals surface area contributed by atoms with E-state index in [0.717, 1.165) is 21.5 Å². The van der Waals surface area contributed by atoms with Crippen molar-refractivity contribution in [3.63, 3.8) is 0 Å². The number of hydrogen-bond acceptors (Lipinski definition) is 1. The molecule has 0 saturated heterocycles. The van der Waals surface area contributed by atoms with Gasteiger partial charge in [0, 0.05) is 21.7 Å². The van der Waals surface area contributed by atoms with Gasteiger partial charge in [-0.2, -0.15) is 0 Å². The predicted molar refractivity (Wildman–Crippen MR) is 84.0 cm³/mol. The molecule has 0 aliphatic heterocycles.